The Bertz CT molecular complexity index is 1490. The van der Waals surface area contributed by atoms with Gasteiger partial charge in [-0.15, -0.1) is 0 Å². The van der Waals surface area contributed by atoms with Gasteiger partial charge < -0.3 is 20.7 Å². The number of aryl methyl sites for hydroxylation is 1. The van der Waals surface area contributed by atoms with E-state index in [1.807, 2.05) is 19.9 Å². The molecule has 1 atom stereocenters. The zero-order valence-electron chi connectivity index (χ0n) is 20.8. The number of nitrogens with zero attached hydrogens (tertiary/aromatic N) is 3. The quantitative estimate of drug-likeness (QED) is 0.207. The number of halogens is 2. The number of aromatic nitrogens is 3. The number of hydrogen-bond acceptors (Lipinski definition) is 6. The molecule has 9 nitrogen and oxygen atoms in total. The Kier molecular flexibility index (Phi) is 7.32. The van der Waals surface area contributed by atoms with Crippen LogP contribution in [0.3, 0.4) is 0 Å². The molecule has 2 aromatic heterocycles. The molecule has 11 heteroatoms. The number of carbonyl (C=O) groups is 1. The average molecular weight is 508 g/mol. The predicted octanol–water partition coefficient (Wildman–Crippen LogP) is 4.44. The van der Waals surface area contributed by atoms with E-state index in [4.69, 9.17) is 10.1 Å². The van der Waals surface area contributed by atoms with Crippen LogP contribution in [0.25, 0.3) is 16.9 Å². The van der Waals surface area contributed by atoms with Crippen LogP contribution in [-0.2, 0) is 0 Å². The van der Waals surface area contributed by atoms with Crippen LogP contribution in [0, 0.1) is 24.0 Å². The predicted molar refractivity (Wildman–Crippen MR) is 138 cm³/mol. The Balaban J connectivity index is 1.57. The lowest BCUT2D eigenvalue weighted by atomic mass is 10.1. The third-order valence-corrected chi connectivity index (χ3v) is 5.76. The summed E-state index contributed by atoms with van der Waals surface area (Å²) in [6, 6.07) is 7.91. The number of fused-ring (bicyclic) bond motifs is 1. The molecule has 2 heterocycles. The molecule has 0 saturated carbocycles. The summed E-state index contributed by atoms with van der Waals surface area (Å²) in [6.45, 7) is 5.78. The first-order chi connectivity index (χ1) is 17.7. The number of amidine groups is 1. The summed E-state index contributed by atoms with van der Waals surface area (Å²) in [7, 11) is 1.27. The number of rotatable bonds is 8. The van der Waals surface area contributed by atoms with Gasteiger partial charge in [0.1, 0.15) is 0 Å². The normalized spacial score (nSPS) is 11.7. The number of amides is 1. The van der Waals surface area contributed by atoms with Gasteiger partial charge in [0.2, 0.25) is 5.82 Å². The minimum absolute atomic E-state index is 0.0364. The molecule has 0 saturated heterocycles. The van der Waals surface area contributed by atoms with Crippen LogP contribution in [0.5, 0.6) is 5.75 Å². The summed E-state index contributed by atoms with van der Waals surface area (Å²) in [5.74, 6) is -1.76. The van der Waals surface area contributed by atoms with Crippen molar-refractivity contribution in [2.24, 2.45) is 0 Å². The number of carbonyl (C=O) groups excluding carboxylic acids is 1. The summed E-state index contributed by atoms with van der Waals surface area (Å²) in [5, 5.41) is 16.4. The highest BCUT2D eigenvalue weighted by atomic mass is 19.2. The highest BCUT2D eigenvalue weighted by molar-refractivity contribution is 5.96. The Hall–Kier alpha value is -4.54. The van der Waals surface area contributed by atoms with Crippen molar-refractivity contribution in [3.63, 3.8) is 0 Å². The Morgan fingerprint density at radius 2 is 1.97 bits per heavy atom. The van der Waals surface area contributed by atoms with Gasteiger partial charge in [0.05, 0.1) is 24.8 Å². The first-order valence-corrected chi connectivity index (χ1v) is 11.5. The van der Waals surface area contributed by atoms with Crippen molar-refractivity contribution in [2.45, 2.75) is 26.8 Å². The molecule has 4 aromatic rings. The van der Waals surface area contributed by atoms with Crippen molar-refractivity contribution in [1.82, 2.24) is 25.0 Å². The molecule has 0 unspecified atom stereocenters. The van der Waals surface area contributed by atoms with Gasteiger partial charge in [-0.3, -0.25) is 14.6 Å². The zero-order valence-corrected chi connectivity index (χ0v) is 20.8. The molecule has 4 rings (SSSR count). The second kappa shape index (κ2) is 10.6. The van der Waals surface area contributed by atoms with Gasteiger partial charge in [0.15, 0.2) is 23.0 Å². The summed E-state index contributed by atoms with van der Waals surface area (Å²) < 4.78 is 35.5. The van der Waals surface area contributed by atoms with Crippen molar-refractivity contribution < 1.29 is 18.3 Å². The number of imidazole rings is 1. The highest BCUT2D eigenvalue weighted by Gasteiger charge is 2.19. The van der Waals surface area contributed by atoms with Crippen LogP contribution in [-0.4, -0.2) is 45.8 Å². The van der Waals surface area contributed by atoms with Crippen LogP contribution < -0.4 is 20.7 Å². The van der Waals surface area contributed by atoms with E-state index in [1.54, 1.807) is 29.7 Å². The Morgan fingerprint density at radius 1 is 1.19 bits per heavy atom. The average Bonchev–Trinajstić information content (AvgIpc) is 3.29. The zero-order chi connectivity index (χ0) is 26.7. The Morgan fingerprint density at radius 3 is 2.68 bits per heavy atom. The first-order valence-electron chi connectivity index (χ1n) is 11.5. The van der Waals surface area contributed by atoms with Gasteiger partial charge in [-0.1, -0.05) is 0 Å². The van der Waals surface area contributed by atoms with E-state index < -0.39 is 11.6 Å². The molecule has 0 aliphatic carbocycles. The van der Waals surface area contributed by atoms with Gasteiger partial charge in [0, 0.05) is 41.8 Å². The lowest BCUT2D eigenvalue weighted by Gasteiger charge is -2.16. The van der Waals surface area contributed by atoms with E-state index in [2.05, 4.69) is 25.9 Å². The highest BCUT2D eigenvalue weighted by Crippen LogP contribution is 2.31. The van der Waals surface area contributed by atoms with Crippen molar-refractivity contribution in [1.29, 1.82) is 5.41 Å². The van der Waals surface area contributed by atoms with Gasteiger partial charge in [-0.2, -0.15) is 4.39 Å². The maximum Gasteiger partial charge on any atom is 0.251 e. The molecule has 0 aliphatic heterocycles. The molecule has 4 N–H and O–H groups in total. The lowest BCUT2D eigenvalue weighted by Crippen LogP contribution is -2.41. The standard InChI is InChI=1S/C26H27F2N7O2/c1-14-11-17(5-6-18(14)26(36)33-15(2)12-31-16(3)29)34-24-25-32-13-20(35(25)10-9-30-24)19-7-8-21(37-4)23(28)22(19)27/h5-11,13,15H,12H2,1-4H3,(H2,29,31)(H,30,34)(H,33,36)/t15-/m0/s1. The molecule has 37 heavy (non-hydrogen) atoms. The van der Waals surface area contributed by atoms with Crippen LogP contribution in [0.15, 0.2) is 48.9 Å². The van der Waals surface area contributed by atoms with Gasteiger partial charge in [-0.25, -0.2) is 14.4 Å². The topological polar surface area (TPSA) is 116 Å². The van der Waals surface area contributed by atoms with Crippen molar-refractivity contribution in [3.05, 3.63) is 71.7 Å². The van der Waals surface area contributed by atoms with Gasteiger partial charge >= 0.3 is 0 Å². The van der Waals surface area contributed by atoms with Crippen molar-refractivity contribution in [2.75, 3.05) is 19.0 Å². The van der Waals surface area contributed by atoms with Crippen LogP contribution in [0.4, 0.5) is 20.3 Å². The molecule has 2 aromatic carbocycles. The molecule has 0 spiro atoms. The fourth-order valence-corrected chi connectivity index (χ4v) is 3.89. The third-order valence-electron chi connectivity index (χ3n) is 5.76. The number of nitrogens with one attached hydrogen (secondary N) is 4. The van der Waals surface area contributed by atoms with E-state index in [0.717, 1.165) is 5.56 Å². The van der Waals surface area contributed by atoms with E-state index in [0.29, 0.717) is 40.8 Å². The van der Waals surface area contributed by atoms with Crippen LogP contribution in [0.2, 0.25) is 0 Å². The molecular weight excluding hydrogens is 480 g/mol. The Labute approximate surface area is 212 Å². The molecule has 0 fully saturated rings. The number of hydrogen-bond donors (Lipinski definition) is 4. The van der Waals surface area contributed by atoms with E-state index in [-0.39, 0.29) is 23.3 Å². The molecule has 0 bridgehead atoms. The summed E-state index contributed by atoms with van der Waals surface area (Å²) in [5.41, 5.74) is 2.75. The second-order valence-electron chi connectivity index (χ2n) is 8.59. The fraction of sp³-hybridized carbons (Fsp3) is 0.231. The van der Waals surface area contributed by atoms with Crippen molar-refractivity contribution in [3.8, 4) is 17.0 Å². The first kappa shape index (κ1) is 25.5. The molecule has 0 aliphatic rings. The SMILES string of the molecule is COc1ccc(-c2cnc3c(Nc4ccc(C(=O)N[C@@H](C)CNC(C)=N)c(C)c4)nccn23)c(F)c1F. The number of ether oxygens (including phenoxy) is 1. The minimum atomic E-state index is -1.07. The van der Waals surface area contributed by atoms with Gasteiger partial charge in [0.25, 0.3) is 5.91 Å². The third kappa shape index (κ3) is 5.35. The smallest absolute Gasteiger partial charge is 0.251 e. The molecule has 0 radical (unpaired) electrons. The summed E-state index contributed by atoms with van der Waals surface area (Å²) in [4.78, 5) is 21.4. The number of anilines is 2. The molecular formula is C26H27F2N7O2. The van der Waals surface area contributed by atoms with E-state index >= 15 is 0 Å². The number of benzene rings is 2. The summed E-state index contributed by atoms with van der Waals surface area (Å²) >= 11 is 0. The monoisotopic (exact) mass is 507 g/mol. The number of methoxy groups -OCH3 is 1. The van der Waals surface area contributed by atoms with E-state index in [9.17, 15) is 13.6 Å². The van der Waals surface area contributed by atoms with Crippen LogP contribution >= 0.6 is 0 Å². The molecule has 192 valence electrons. The minimum Gasteiger partial charge on any atom is -0.494 e. The lowest BCUT2D eigenvalue weighted by molar-refractivity contribution is 0.0940. The molecule has 1 amide bonds. The van der Waals surface area contributed by atoms with Crippen LogP contribution in [0.1, 0.15) is 29.8 Å². The van der Waals surface area contributed by atoms with E-state index in [1.165, 1.54) is 31.6 Å². The largest absolute Gasteiger partial charge is 0.494 e. The van der Waals surface area contributed by atoms with Crippen molar-refractivity contribution >= 4 is 28.9 Å². The second-order valence-corrected chi connectivity index (χ2v) is 8.59. The van der Waals surface area contributed by atoms with Gasteiger partial charge in [-0.05, 0) is 56.7 Å². The summed E-state index contributed by atoms with van der Waals surface area (Å²) in [6.07, 6.45) is 4.58. The maximum atomic E-state index is 14.7. The fourth-order valence-electron chi connectivity index (χ4n) is 3.89. The maximum absolute atomic E-state index is 14.7.